The Labute approximate surface area is 222 Å². The van der Waals surface area contributed by atoms with Crippen molar-refractivity contribution in [3.63, 3.8) is 0 Å². The van der Waals surface area contributed by atoms with Gasteiger partial charge in [0.25, 0.3) is 0 Å². The number of nitrogen functional groups attached to an aromatic ring is 1. The second kappa shape index (κ2) is 11.8. The molecule has 0 radical (unpaired) electrons. The van der Waals surface area contributed by atoms with Crippen LogP contribution in [0.5, 0.6) is 0 Å². The molecule has 3 aromatic rings. The molecular weight excluding hydrogens is 484 g/mol. The summed E-state index contributed by atoms with van der Waals surface area (Å²) in [5.74, 6) is 1.01. The summed E-state index contributed by atoms with van der Waals surface area (Å²) in [7, 11) is 3.69. The maximum absolute atomic E-state index is 12.5. The summed E-state index contributed by atoms with van der Waals surface area (Å²) >= 11 is 0. The van der Waals surface area contributed by atoms with Crippen LogP contribution in [0.25, 0.3) is 11.0 Å². The van der Waals surface area contributed by atoms with Crippen LogP contribution in [-0.2, 0) is 22.7 Å². The van der Waals surface area contributed by atoms with Gasteiger partial charge in [-0.3, -0.25) is 4.79 Å². The number of carbonyl (C=O) groups excluding carboxylic acids is 2. The molecule has 1 saturated heterocycles. The van der Waals surface area contributed by atoms with E-state index in [2.05, 4.69) is 21.8 Å². The lowest BCUT2D eigenvalue weighted by molar-refractivity contribution is -0.131. The topological polar surface area (TPSA) is 134 Å². The molecule has 2 unspecified atom stereocenters. The van der Waals surface area contributed by atoms with Crippen molar-refractivity contribution in [1.82, 2.24) is 24.3 Å². The average molecular weight is 519 g/mol. The van der Waals surface area contributed by atoms with E-state index < -0.39 is 6.09 Å². The number of nitrogens with two attached hydrogens (primary N) is 1. The zero-order valence-corrected chi connectivity index (χ0v) is 22.1. The minimum absolute atomic E-state index is 0.0646. The smallest absolute Gasteiger partial charge is 0.409 e. The molecule has 2 amide bonds. The Morgan fingerprint density at radius 2 is 1.97 bits per heavy atom. The number of amides is 2. The molecule has 0 bridgehead atoms. The van der Waals surface area contributed by atoms with E-state index in [1.54, 1.807) is 30.4 Å². The number of nitrogens with zero attached hydrogens (tertiary/aromatic N) is 7. The number of hydrogen-bond acceptors (Lipinski definition) is 8. The van der Waals surface area contributed by atoms with Crippen LogP contribution in [-0.4, -0.2) is 76.1 Å². The van der Waals surface area contributed by atoms with Crippen molar-refractivity contribution in [3.05, 3.63) is 48.4 Å². The van der Waals surface area contributed by atoms with E-state index in [4.69, 9.17) is 15.7 Å². The van der Waals surface area contributed by atoms with Gasteiger partial charge in [-0.05, 0) is 36.1 Å². The van der Waals surface area contributed by atoms with Crippen LogP contribution in [0.15, 0.2) is 42.9 Å². The summed E-state index contributed by atoms with van der Waals surface area (Å²) < 4.78 is 7.41. The van der Waals surface area contributed by atoms with Gasteiger partial charge in [-0.15, -0.1) is 0 Å². The van der Waals surface area contributed by atoms with E-state index in [1.807, 2.05) is 42.1 Å². The summed E-state index contributed by atoms with van der Waals surface area (Å²) in [5.41, 5.74) is 8.00. The van der Waals surface area contributed by atoms with Crippen LogP contribution >= 0.6 is 0 Å². The highest BCUT2D eigenvalue weighted by Gasteiger charge is 2.32. The molecule has 1 fully saturated rings. The number of piperidine rings is 1. The van der Waals surface area contributed by atoms with E-state index in [0.717, 1.165) is 28.8 Å². The third-order valence-electron chi connectivity index (χ3n) is 7.20. The maximum atomic E-state index is 12.5. The molecule has 1 aromatic carbocycles. The molecule has 200 valence electrons. The van der Waals surface area contributed by atoms with Gasteiger partial charge in [0.15, 0.2) is 0 Å². The molecule has 2 N–H and O–H groups in total. The van der Waals surface area contributed by atoms with Crippen LogP contribution in [0.3, 0.4) is 0 Å². The molecule has 0 saturated carbocycles. The molecule has 1 aliphatic rings. The first kappa shape index (κ1) is 26.7. The molecule has 0 spiro atoms. The molecular formula is C27H34N8O3. The monoisotopic (exact) mass is 518 g/mol. The highest BCUT2D eigenvalue weighted by atomic mass is 16.6. The zero-order chi connectivity index (χ0) is 27.2. The number of likely N-dealkylation sites (N-methyl/N-ethyl adjacent to an activating group) is 2. The molecule has 11 heteroatoms. The van der Waals surface area contributed by atoms with Crippen LogP contribution in [0, 0.1) is 17.2 Å². The van der Waals surface area contributed by atoms with Gasteiger partial charge in [-0.1, -0.05) is 19.1 Å². The largest absolute Gasteiger partial charge is 0.445 e. The first-order valence-corrected chi connectivity index (χ1v) is 12.7. The zero-order valence-electron chi connectivity index (χ0n) is 22.1. The summed E-state index contributed by atoms with van der Waals surface area (Å²) in [6, 6.07) is 11.2. The highest BCUT2D eigenvalue weighted by Crippen LogP contribution is 2.29. The Balaban J connectivity index is 1.40. The number of ether oxygens (including phenoxy) is 1. The third kappa shape index (κ3) is 5.96. The van der Waals surface area contributed by atoms with Gasteiger partial charge >= 0.3 is 6.09 Å². The second-order valence-corrected chi connectivity index (χ2v) is 9.78. The molecule has 2 atom stereocenters. The lowest BCUT2D eigenvalue weighted by Gasteiger charge is -2.42. The predicted molar refractivity (Wildman–Crippen MR) is 144 cm³/mol. The van der Waals surface area contributed by atoms with Gasteiger partial charge in [0.2, 0.25) is 5.91 Å². The molecule has 4 rings (SSSR count). The first-order valence-electron chi connectivity index (χ1n) is 12.7. The van der Waals surface area contributed by atoms with Crippen molar-refractivity contribution in [3.8, 4) is 6.07 Å². The van der Waals surface area contributed by atoms with Crippen molar-refractivity contribution < 1.29 is 14.3 Å². The Hall–Kier alpha value is -4.33. The lowest BCUT2D eigenvalue weighted by atomic mass is 9.92. The van der Waals surface area contributed by atoms with Gasteiger partial charge in [-0.2, -0.15) is 5.26 Å². The first-order chi connectivity index (χ1) is 18.3. The van der Waals surface area contributed by atoms with E-state index >= 15 is 0 Å². The molecule has 11 nitrogen and oxygen atoms in total. The SMILES string of the molecule is CC1CCN(C(=O)CC#N)CC1N(C)c1ncnc2c1ccn2CCN(C)C(=O)OCc1ccc(N)cc1. The standard InChI is InChI=1S/C27H34N8O3/c1-19-9-12-35(24(36)8-11-28)16-23(19)33(3)25-22-10-13-34(26(22)31-18-30-25)15-14-32(2)27(37)38-17-20-4-6-21(29)7-5-20/h4-7,10,13,18-19,23H,8-9,12,14-17,29H2,1-3H3. The Morgan fingerprint density at radius 3 is 2.71 bits per heavy atom. The number of anilines is 2. The van der Waals surface area contributed by atoms with Gasteiger partial charge in [0.05, 0.1) is 17.5 Å². The summed E-state index contributed by atoms with van der Waals surface area (Å²) in [5, 5.41) is 9.82. The Bertz CT molecular complexity index is 1320. The number of fused-ring (bicyclic) bond motifs is 1. The van der Waals surface area contributed by atoms with Gasteiger partial charge in [0.1, 0.15) is 30.8 Å². The number of nitriles is 1. The third-order valence-corrected chi connectivity index (χ3v) is 7.20. The number of rotatable bonds is 8. The lowest BCUT2D eigenvalue weighted by Crippen LogP contribution is -2.52. The summed E-state index contributed by atoms with van der Waals surface area (Å²) in [6.07, 6.45) is 3.84. The van der Waals surface area contributed by atoms with Crippen LogP contribution < -0.4 is 10.6 Å². The van der Waals surface area contributed by atoms with E-state index in [0.29, 0.717) is 37.8 Å². The van der Waals surface area contributed by atoms with Crippen molar-refractivity contribution >= 4 is 34.5 Å². The molecule has 0 aliphatic carbocycles. The predicted octanol–water partition coefficient (Wildman–Crippen LogP) is 2.87. The Morgan fingerprint density at radius 1 is 1.21 bits per heavy atom. The number of hydrogen-bond donors (Lipinski definition) is 1. The molecule has 38 heavy (non-hydrogen) atoms. The van der Waals surface area contributed by atoms with Crippen molar-refractivity contribution in [1.29, 1.82) is 5.26 Å². The number of aromatic nitrogens is 3. The molecule has 1 aliphatic heterocycles. The fourth-order valence-electron chi connectivity index (χ4n) is 4.79. The van der Waals surface area contributed by atoms with E-state index in [9.17, 15) is 9.59 Å². The minimum Gasteiger partial charge on any atom is -0.445 e. The van der Waals surface area contributed by atoms with E-state index in [1.165, 1.54) is 4.90 Å². The summed E-state index contributed by atoms with van der Waals surface area (Å²) in [6.45, 7) is 4.55. The highest BCUT2D eigenvalue weighted by molar-refractivity contribution is 5.88. The van der Waals surface area contributed by atoms with Gasteiger partial charge < -0.3 is 29.7 Å². The second-order valence-electron chi connectivity index (χ2n) is 9.78. The molecule has 3 heterocycles. The van der Waals surface area contributed by atoms with E-state index in [-0.39, 0.29) is 25.0 Å². The van der Waals surface area contributed by atoms with Crippen molar-refractivity contribution in [2.24, 2.45) is 5.92 Å². The van der Waals surface area contributed by atoms with Gasteiger partial charge in [0, 0.05) is 52.2 Å². The fraction of sp³-hybridized carbons (Fsp3) is 0.444. The van der Waals surface area contributed by atoms with Gasteiger partial charge in [-0.25, -0.2) is 14.8 Å². The van der Waals surface area contributed by atoms with Crippen molar-refractivity contribution in [2.45, 2.75) is 39.0 Å². The molecule has 2 aromatic heterocycles. The normalized spacial score (nSPS) is 17.2. The number of carbonyl (C=O) groups is 2. The van der Waals surface area contributed by atoms with Crippen LogP contribution in [0.1, 0.15) is 25.3 Å². The Kier molecular flexibility index (Phi) is 8.31. The maximum Gasteiger partial charge on any atom is 0.409 e. The fourth-order valence-corrected chi connectivity index (χ4v) is 4.79. The summed E-state index contributed by atoms with van der Waals surface area (Å²) in [4.78, 5) is 39.3. The van der Waals surface area contributed by atoms with Crippen LogP contribution in [0.4, 0.5) is 16.3 Å². The van der Waals surface area contributed by atoms with Crippen molar-refractivity contribution in [2.75, 3.05) is 44.4 Å². The van der Waals surface area contributed by atoms with Crippen LogP contribution in [0.2, 0.25) is 0 Å². The minimum atomic E-state index is -0.407. The number of benzene rings is 1. The number of likely N-dealkylation sites (tertiary alicyclic amines) is 1. The average Bonchev–Trinajstić information content (AvgIpc) is 3.34. The quantitative estimate of drug-likeness (QED) is 0.450.